The van der Waals surface area contributed by atoms with E-state index in [0.717, 1.165) is 18.4 Å². The van der Waals surface area contributed by atoms with Gasteiger partial charge in [-0.2, -0.15) is 0 Å². The molecule has 1 atom stereocenters. The van der Waals surface area contributed by atoms with Crippen LogP contribution in [0, 0.1) is 5.92 Å². The summed E-state index contributed by atoms with van der Waals surface area (Å²) in [6, 6.07) is 5.62. The lowest BCUT2D eigenvalue weighted by Crippen LogP contribution is -2.35. The van der Waals surface area contributed by atoms with Gasteiger partial charge in [-0.3, -0.25) is 0 Å². The zero-order valence-electron chi connectivity index (χ0n) is 13.7. The number of carboxylic acid groups (broad SMARTS) is 1. The van der Waals surface area contributed by atoms with E-state index >= 15 is 0 Å². The van der Waals surface area contributed by atoms with E-state index < -0.39 is 17.7 Å². The number of carbonyl (C=O) groups is 2. The summed E-state index contributed by atoms with van der Waals surface area (Å²) in [7, 11) is 0. The van der Waals surface area contributed by atoms with Crippen LogP contribution >= 0.6 is 0 Å². The molecule has 23 heavy (non-hydrogen) atoms. The lowest BCUT2D eigenvalue weighted by molar-refractivity contribution is -0.139. The average molecular weight is 321 g/mol. The molecule has 6 heteroatoms. The van der Waals surface area contributed by atoms with E-state index in [2.05, 4.69) is 5.32 Å². The predicted molar refractivity (Wildman–Crippen MR) is 84.7 cm³/mol. The molecule has 2 rings (SSSR count). The fourth-order valence-corrected chi connectivity index (χ4v) is 2.61. The predicted octanol–water partition coefficient (Wildman–Crippen LogP) is 2.39. The number of aliphatic carboxylic acids is 1. The number of amides is 1. The van der Waals surface area contributed by atoms with E-state index in [1.807, 2.05) is 32.9 Å². The first kappa shape index (κ1) is 17.1. The normalized spacial score (nSPS) is 16.6. The number of benzene rings is 1. The number of fused-ring (bicyclic) bond motifs is 1. The van der Waals surface area contributed by atoms with Crippen molar-refractivity contribution in [2.45, 2.75) is 39.2 Å². The quantitative estimate of drug-likeness (QED) is 0.870. The van der Waals surface area contributed by atoms with Crippen LogP contribution in [-0.2, 0) is 22.4 Å². The molecule has 1 aromatic carbocycles. The first-order valence-corrected chi connectivity index (χ1v) is 7.66. The van der Waals surface area contributed by atoms with Crippen LogP contribution in [0.5, 0.6) is 5.75 Å². The molecule has 0 radical (unpaired) electrons. The fourth-order valence-electron chi connectivity index (χ4n) is 2.61. The third-order valence-electron chi connectivity index (χ3n) is 3.49. The summed E-state index contributed by atoms with van der Waals surface area (Å²) >= 11 is 0. The van der Waals surface area contributed by atoms with E-state index in [1.54, 1.807) is 6.07 Å². The third kappa shape index (κ3) is 5.47. The van der Waals surface area contributed by atoms with Crippen LogP contribution < -0.4 is 10.1 Å². The second-order valence-electron chi connectivity index (χ2n) is 6.77. The topological polar surface area (TPSA) is 84.9 Å². The van der Waals surface area contributed by atoms with Crippen molar-refractivity contribution < 1.29 is 24.2 Å². The monoisotopic (exact) mass is 321 g/mol. The highest BCUT2D eigenvalue weighted by atomic mass is 16.6. The molecule has 0 bridgehead atoms. The second-order valence-corrected chi connectivity index (χ2v) is 6.77. The molecular weight excluding hydrogens is 298 g/mol. The summed E-state index contributed by atoms with van der Waals surface area (Å²) in [5, 5.41) is 11.4. The molecule has 1 unspecified atom stereocenters. The number of hydrogen-bond donors (Lipinski definition) is 2. The number of ether oxygens (including phenoxy) is 2. The Morgan fingerprint density at radius 2 is 1.96 bits per heavy atom. The van der Waals surface area contributed by atoms with E-state index in [1.165, 1.54) is 5.56 Å². The fraction of sp³-hybridized carbons (Fsp3) is 0.529. The van der Waals surface area contributed by atoms with Crippen molar-refractivity contribution in [1.29, 1.82) is 0 Å². The Morgan fingerprint density at radius 1 is 1.26 bits per heavy atom. The van der Waals surface area contributed by atoms with Gasteiger partial charge in [0.2, 0.25) is 0 Å². The number of rotatable bonds is 5. The Morgan fingerprint density at radius 3 is 2.61 bits per heavy atom. The summed E-state index contributed by atoms with van der Waals surface area (Å²) < 4.78 is 10.4. The van der Waals surface area contributed by atoms with Crippen molar-refractivity contribution in [2.24, 2.45) is 5.92 Å². The molecule has 0 saturated carbocycles. The minimum atomic E-state index is -0.995. The van der Waals surface area contributed by atoms with Crippen LogP contribution in [0.15, 0.2) is 18.2 Å². The highest BCUT2D eigenvalue weighted by molar-refractivity contribution is 5.68. The Balaban J connectivity index is 1.84. The molecule has 6 nitrogen and oxygen atoms in total. The lowest BCUT2D eigenvalue weighted by atomic mass is 10.1. The minimum absolute atomic E-state index is 0.312. The number of carboxylic acids is 1. The van der Waals surface area contributed by atoms with Gasteiger partial charge in [0.1, 0.15) is 11.4 Å². The Hall–Kier alpha value is -2.24. The van der Waals surface area contributed by atoms with Crippen molar-refractivity contribution in [3.63, 3.8) is 0 Å². The minimum Gasteiger partial charge on any atom is -0.482 e. The van der Waals surface area contributed by atoms with E-state index in [0.29, 0.717) is 18.2 Å². The zero-order chi connectivity index (χ0) is 17.0. The second kappa shape index (κ2) is 6.89. The molecule has 1 aliphatic rings. The van der Waals surface area contributed by atoms with Crippen LogP contribution in [0.4, 0.5) is 4.79 Å². The van der Waals surface area contributed by atoms with Gasteiger partial charge in [-0.05, 0) is 62.8 Å². The van der Waals surface area contributed by atoms with Crippen LogP contribution in [0.25, 0.3) is 0 Å². The molecule has 126 valence electrons. The molecule has 1 amide bonds. The van der Waals surface area contributed by atoms with Gasteiger partial charge in [0.05, 0.1) is 0 Å². The highest BCUT2D eigenvalue weighted by Gasteiger charge is 2.23. The number of carbonyl (C=O) groups excluding carboxylic acids is 1. The SMILES string of the molecule is CC(C)(C)OC(=O)NCC1Cc2ccc(OCC(=O)O)cc2C1. The maximum atomic E-state index is 11.7. The number of hydrogen-bond acceptors (Lipinski definition) is 4. The van der Waals surface area contributed by atoms with Gasteiger partial charge in [-0.1, -0.05) is 6.07 Å². The molecule has 0 heterocycles. The third-order valence-corrected chi connectivity index (χ3v) is 3.49. The first-order valence-electron chi connectivity index (χ1n) is 7.66. The highest BCUT2D eigenvalue weighted by Crippen LogP contribution is 2.29. The van der Waals surface area contributed by atoms with Crippen molar-refractivity contribution >= 4 is 12.1 Å². The molecule has 1 aliphatic carbocycles. The van der Waals surface area contributed by atoms with Gasteiger partial charge in [0, 0.05) is 6.54 Å². The summed E-state index contributed by atoms with van der Waals surface area (Å²) in [4.78, 5) is 22.2. The number of nitrogens with one attached hydrogen (secondary N) is 1. The van der Waals surface area contributed by atoms with Crippen molar-refractivity contribution in [3.8, 4) is 5.75 Å². The molecule has 2 N–H and O–H groups in total. The standard InChI is InChI=1S/C17H23NO5/c1-17(2,3)23-16(21)18-9-11-6-12-4-5-14(8-13(12)7-11)22-10-15(19)20/h4-5,8,11H,6-7,9-10H2,1-3H3,(H,18,21)(H,19,20). The molecule has 0 saturated heterocycles. The molecule has 0 spiro atoms. The Kier molecular flexibility index (Phi) is 5.13. The summed E-state index contributed by atoms with van der Waals surface area (Å²) in [6.45, 7) is 5.70. The number of alkyl carbamates (subject to hydrolysis) is 1. The average Bonchev–Trinajstić information content (AvgIpc) is 2.83. The molecule has 0 aromatic heterocycles. The molecular formula is C17H23NO5. The maximum Gasteiger partial charge on any atom is 0.407 e. The Labute approximate surface area is 135 Å². The largest absolute Gasteiger partial charge is 0.482 e. The van der Waals surface area contributed by atoms with Crippen molar-refractivity contribution in [3.05, 3.63) is 29.3 Å². The van der Waals surface area contributed by atoms with Gasteiger partial charge < -0.3 is 19.9 Å². The summed E-state index contributed by atoms with van der Waals surface area (Å²) in [6.07, 6.45) is 1.30. The van der Waals surface area contributed by atoms with E-state index in [4.69, 9.17) is 14.6 Å². The molecule has 0 fully saturated rings. The van der Waals surface area contributed by atoms with Crippen LogP contribution in [0.1, 0.15) is 31.9 Å². The molecule has 0 aliphatic heterocycles. The summed E-state index contributed by atoms with van der Waals surface area (Å²) in [5.41, 5.74) is 1.85. The maximum absolute atomic E-state index is 11.7. The Bertz CT molecular complexity index is 591. The van der Waals surface area contributed by atoms with Crippen molar-refractivity contribution in [1.82, 2.24) is 5.32 Å². The van der Waals surface area contributed by atoms with E-state index in [-0.39, 0.29) is 6.61 Å². The van der Waals surface area contributed by atoms with Crippen LogP contribution in [0.2, 0.25) is 0 Å². The van der Waals surface area contributed by atoms with Gasteiger partial charge >= 0.3 is 12.1 Å². The first-order chi connectivity index (χ1) is 10.7. The smallest absolute Gasteiger partial charge is 0.407 e. The van der Waals surface area contributed by atoms with Gasteiger partial charge in [0.25, 0.3) is 0 Å². The van der Waals surface area contributed by atoms with Crippen molar-refractivity contribution in [2.75, 3.05) is 13.2 Å². The van der Waals surface area contributed by atoms with Gasteiger partial charge in [-0.15, -0.1) is 0 Å². The molecule has 1 aromatic rings. The van der Waals surface area contributed by atoms with Gasteiger partial charge in [0.15, 0.2) is 6.61 Å². The zero-order valence-corrected chi connectivity index (χ0v) is 13.7. The van der Waals surface area contributed by atoms with Crippen LogP contribution in [-0.4, -0.2) is 35.9 Å². The van der Waals surface area contributed by atoms with E-state index in [9.17, 15) is 9.59 Å². The lowest BCUT2D eigenvalue weighted by Gasteiger charge is -2.20. The summed E-state index contributed by atoms with van der Waals surface area (Å²) in [5.74, 6) is -0.121. The van der Waals surface area contributed by atoms with Crippen LogP contribution in [0.3, 0.4) is 0 Å². The van der Waals surface area contributed by atoms with Gasteiger partial charge in [-0.25, -0.2) is 9.59 Å².